The molecular formula is C11H11Cl2F3N2O. The predicted molar refractivity (Wildman–Crippen MR) is 67.5 cm³/mol. The molecule has 106 valence electrons. The van der Waals surface area contributed by atoms with Crippen LogP contribution in [0.15, 0.2) is 24.3 Å². The van der Waals surface area contributed by atoms with Crippen molar-refractivity contribution in [2.75, 3.05) is 12.4 Å². The number of hydrogen-bond donors (Lipinski definition) is 2. The third-order valence-electron chi connectivity index (χ3n) is 2.19. The largest absolute Gasteiger partial charge is 0.412 e. The Hall–Kier alpha value is -1.14. The maximum absolute atomic E-state index is 12.9. The van der Waals surface area contributed by atoms with Crippen molar-refractivity contribution < 1.29 is 18.0 Å². The van der Waals surface area contributed by atoms with Crippen molar-refractivity contribution in [3.63, 3.8) is 0 Å². The number of urea groups is 1. The average Bonchev–Trinajstić information content (AvgIpc) is 2.33. The van der Waals surface area contributed by atoms with E-state index in [2.05, 4.69) is 5.32 Å². The Morgan fingerprint density at radius 3 is 2.32 bits per heavy atom. The van der Waals surface area contributed by atoms with Gasteiger partial charge in [0.2, 0.25) is 0 Å². The van der Waals surface area contributed by atoms with E-state index < -0.39 is 18.2 Å². The molecule has 1 aromatic carbocycles. The molecular weight excluding hydrogens is 304 g/mol. The zero-order valence-electron chi connectivity index (χ0n) is 9.60. The summed E-state index contributed by atoms with van der Waals surface area (Å²) in [6, 6.07) is 2.05. The maximum Gasteiger partial charge on any atom is 0.412 e. The fraction of sp³-hybridized carbons (Fsp3) is 0.364. The van der Waals surface area contributed by atoms with Gasteiger partial charge in [0.1, 0.15) is 0 Å². The van der Waals surface area contributed by atoms with Gasteiger partial charge in [0.15, 0.2) is 6.04 Å². The van der Waals surface area contributed by atoms with Gasteiger partial charge in [-0.05, 0) is 17.7 Å². The lowest BCUT2D eigenvalue weighted by Gasteiger charge is -2.22. The topological polar surface area (TPSA) is 41.1 Å². The van der Waals surface area contributed by atoms with Crippen molar-refractivity contribution in [2.45, 2.75) is 12.2 Å². The van der Waals surface area contributed by atoms with E-state index in [0.717, 1.165) is 0 Å². The molecule has 0 aromatic heterocycles. The van der Waals surface area contributed by atoms with E-state index in [1.807, 2.05) is 5.32 Å². The molecule has 8 heteroatoms. The van der Waals surface area contributed by atoms with Crippen molar-refractivity contribution in [3.8, 4) is 0 Å². The van der Waals surface area contributed by atoms with Gasteiger partial charge in [-0.3, -0.25) is 0 Å². The summed E-state index contributed by atoms with van der Waals surface area (Å²) in [4.78, 5) is 11.3. The van der Waals surface area contributed by atoms with Crippen LogP contribution in [0.2, 0.25) is 5.02 Å². The van der Waals surface area contributed by atoms with Crippen LogP contribution < -0.4 is 10.6 Å². The van der Waals surface area contributed by atoms with Crippen molar-refractivity contribution >= 4 is 29.2 Å². The average molecular weight is 315 g/mol. The first kappa shape index (κ1) is 15.9. The van der Waals surface area contributed by atoms with Crippen molar-refractivity contribution in [1.29, 1.82) is 0 Å². The lowest BCUT2D eigenvalue weighted by molar-refractivity contribution is -0.154. The molecule has 0 bridgehead atoms. The molecule has 0 heterocycles. The molecule has 1 rings (SSSR count). The smallest absolute Gasteiger partial charge is 0.337 e. The molecule has 3 nitrogen and oxygen atoms in total. The molecule has 1 atom stereocenters. The molecule has 0 aliphatic carbocycles. The SMILES string of the molecule is O=C(NCCCl)NC(c1ccc(Cl)cc1)C(F)(F)F. The lowest BCUT2D eigenvalue weighted by atomic mass is 10.1. The van der Waals surface area contributed by atoms with Crippen LogP contribution in [0, 0.1) is 0 Å². The molecule has 0 saturated heterocycles. The lowest BCUT2D eigenvalue weighted by Crippen LogP contribution is -2.44. The molecule has 0 spiro atoms. The molecule has 2 amide bonds. The van der Waals surface area contributed by atoms with Crippen LogP contribution in [-0.4, -0.2) is 24.6 Å². The minimum Gasteiger partial charge on any atom is -0.337 e. The second-order valence-corrected chi connectivity index (χ2v) is 4.43. The first-order valence-electron chi connectivity index (χ1n) is 5.27. The zero-order valence-corrected chi connectivity index (χ0v) is 11.1. The maximum atomic E-state index is 12.9. The van der Waals surface area contributed by atoms with Crippen LogP contribution in [0.3, 0.4) is 0 Å². The van der Waals surface area contributed by atoms with E-state index in [9.17, 15) is 18.0 Å². The van der Waals surface area contributed by atoms with Gasteiger partial charge in [-0.25, -0.2) is 4.79 Å². The minimum absolute atomic E-state index is 0.0819. The number of alkyl halides is 4. The van der Waals surface area contributed by atoms with Gasteiger partial charge >= 0.3 is 12.2 Å². The number of amides is 2. The van der Waals surface area contributed by atoms with Gasteiger partial charge in [-0.1, -0.05) is 23.7 Å². The summed E-state index contributed by atoms with van der Waals surface area (Å²) in [5.41, 5.74) is -0.0991. The molecule has 19 heavy (non-hydrogen) atoms. The van der Waals surface area contributed by atoms with E-state index in [0.29, 0.717) is 5.02 Å². The van der Waals surface area contributed by atoms with Gasteiger partial charge in [0.25, 0.3) is 0 Å². The van der Waals surface area contributed by atoms with E-state index in [-0.39, 0.29) is 18.0 Å². The first-order chi connectivity index (χ1) is 8.84. The Morgan fingerprint density at radius 2 is 1.84 bits per heavy atom. The summed E-state index contributed by atoms with van der Waals surface area (Å²) in [5, 5.41) is 4.37. The van der Waals surface area contributed by atoms with Crippen molar-refractivity contribution in [3.05, 3.63) is 34.9 Å². The van der Waals surface area contributed by atoms with Crippen LogP contribution >= 0.6 is 23.2 Å². The van der Waals surface area contributed by atoms with Crippen LogP contribution in [-0.2, 0) is 0 Å². The Balaban J connectivity index is 2.84. The number of rotatable bonds is 4. The van der Waals surface area contributed by atoms with Crippen LogP contribution in [0.5, 0.6) is 0 Å². The second-order valence-electron chi connectivity index (χ2n) is 3.62. The summed E-state index contributed by atoms with van der Waals surface area (Å²) in [5.74, 6) is 0.116. The molecule has 2 N–H and O–H groups in total. The van der Waals surface area contributed by atoms with Crippen molar-refractivity contribution in [2.24, 2.45) is 0 Å². The van der Waals surface area contributed by atoms with Gasteiger partial charge in [0, 0.05) is 17.4 Å². The summed E-state index contributed by atoms with van der Waals surface area (Å²) < 4.78 is 38.7. The summed E-state index contributed by atoms with van der Waals surface area (Å²) in [7, 11) is 0. The van der Waals surface area contributed by atoms with Crippen molar-refractivity contribution in [1.82, 2.24) is 10.6 Å². The Bertz CT molecular complexity index is 423. The Kier molecular flexibility index (Phi) is 5.75. The normalized spacial score (nSPS) is 12.9. The van der Waals surface area contributed by atoms with E-state index in [1.54, 1.807) is 0 Å². The Labute approximate surface area is 118 Å². The van der Waals surface area contributed by atoms with Gasteiger partial charge in [-0.15, -0.1) is 11.6 Å². The number of carbonyl (C=O) groups is 1. The molecule has 1 unspecified atom stereocenters. The molecule has 1 aromatic rings. The number of carbonyl (C=O) groups excluding carboxylic acids is 1. The number of nitrogens with one attached hydrogen (secondary N) is 2. The zero-order chi connectivity index (χ0) is 14.5. The van der Waals surface area contributed by atoms with Crippen LogP contribution in [0.25, 0.3) is 0 Å². The quantitative estimate of drug-likeness (QED) is 0.821. The third kappa shape index (κ3) is 5.16. The highest BCUT2D eigenvalue weighted by Gasteiger charge is 2.41. The van der Waals surface area contributed by atoms with Crippen LogP contribution in [0.4, 0.5) is 18.0 Å². The fourth-order valence-corrected chi connectivity index (χ4v) is 1.57. The molecule has 0 radical (unpaired) electrons. The fourth-order valence-electron chi connectivity index (χ4n) is 1.35. The number of halogens is 5. The van der Waals surface area contributed by atoms with Gasteiger partial charge < -0.3 is 10.6 Å². The summed E-state index contributed by atoms with van der Waals surface area (Å²) in [6.07, 6.45) is -4.61. The minimum atomic E-state index is -4.61. The Morgan fingerprint density at radius 1 is 1.26 bits per heavy atom. The third-order valence-corrected chi connectivity index (χ3v) is 2.63. The van der Waals surface area contributed by atoms with E-state index in [4.69, 9.17) is 23.2 Å². The highest BCUT2D eigenvalue weighted by atomic mass is 35.5. The predicted octanol–water partition coefficient (Wildman–Crippen LogP) is 3.48. The number of benzene rings is 1. The summed E-state index contributed by atoms with van der Waals surface area (Å²) in [6.45, 7) is 0.0819. The highest BCUT2D eigenvalue weighted by molar-refractivity contribution is 6.30. The monoisotopic (exact) mass is 314 g/mol. The summed E-state index contributed by atoms with van der Waals surface area (Å²) >= 11 is 10.9. The number of hydrogen-bond acceptors (Lipinski definition) is 1. The first-order valence-corrected chi connectivity index (χ1v) is 6.18. The molecule has 0 aliphatic rings. The second kappa shape index (κ2) is 6.86. The van der Waals surface area contributed by atoms with Crippen LogP contribution in [0.1, 0.15) is 11.6 Å². The molecule has 0 saturated carbocycles. The highest BCUT2D eigenvalue weighted by Crippen LogP contribution is 2.33. The van der Waals surface area contributed by atoms with Gasteiger partial charge in [0.05, 0.1) is 0 Å². The van der Waals surface area contributed by atoms with E-state index in [1.165, 1.54) is 24.3 Å². The standard InChI is InChI=1S/C11H11Cl2F3N2O/c12-5-6-17-10(19)18-9(11(14,15)16)7-1-3-8(13)4-2-7/h1-4,9H,5-6H2,(H2,17,18,19). The van der Waals surface area contributed by atoms with E-state index >= 15 is 0 Å². The molecule has 0 fully saturated rings. The van der Waals surface area contributed by atoms with Gasteiger partial charge in [-0.2, -0.15) is 13.2 Å². The molecule has 0 aliphatic heterocycles.